The molecule has 19 heavy (non-hydrogen) atoms. The van der Waals surface area contributed by atoms with Crippen LogP contribution < -0.4 is 0 Å². The highest BCUT2D eigenvalue weighted by Crippen LogP contribution is 2.25. The normalized spacial score (nSPS) is 12.7. The molecule has 0 aliphatic carbocycles. The van der Waals surface area contributed by atoms with Gasteiger partial charge in [0.1, 0.15) is 5.82 Å². The van der Waals surface area contributed by atoms with Crippen LogP contribution in [0.3, 0.4) is 0 Å². The maximum absolute atomic E-state index is 13.8. The Bertz CT molecular complexity index is 521. The fraction of sp³-hybridized carbons (Fsp3) is 0.250. The van der Waals surface area contributed by atoms with Crippen molar-refractivity contribution in [1.29, 1.82) is 0 Å². The van der Waals surface area contributed by atoms with Gasteiger partial charge in [-0.15, -0.1) is 0 Å². The third kappa shape index (κ3) is 3.34. The summed E-state index contributed by atoms with van der Waals surface area (Å²) in [5.41, 5.74) is 1.76. The van der Waals surface area contributed by atoms with E-state index in [-0.39, 0.29) is 11.9 Å². The second-order valence-electron chi connectivity index (χ2n) is 4.70. The second-order valence-corrected chi connectivity index (χ2v) is 5.11. The molecule has 0 spiro atoms. The Hall–Kier alpha value is -1.38. The van der Waals surface area contributed by atoms with Gasteiger partial charge in [-0.3, -0.25) is 4.90 Å². The van der Waals surface area contributed by atoms with E-state index >= 15 is 0 Å². The fourth-order valence-corrected chi connectivity index (χ4v) is 2.28. The summed E-state index contributed by atoms with van der Waals surface area (Å²) in [4.78, 5) is 2.08. The van der Waals surface area contributed by atoms with Crippen molar-refractivity contribution in [2.24, 2.45) is 0 Å². The molecule has 1 atom stereocenters. The SMILES string of the molecule is CC(c1ccccc1)N(C)Cc1c(F)cccc1Cl. The van der Waals surface area contributed by atoms with E-state index < -0.39 is 0 Å². The average molecular weight is 278 g/mol. The van der Waals surface area contributed by atoms with Gasteiger partial charge in [-0.25, -0.2) is 4.39 Å². The summed E-state index contributed by atoms with van der Waals surface area (Å²) in [6.07, 6.45) is 0. The van der Waals surface area contributed by atoms with E-state index in [4.69, 9.17) is 11.6 Å². The van der Waals surface area contributed by atoms with Gasteiger partial charge in [0, 0.05) is 23.2 Å². The highest BCUT2D eigenvalue weighted by atomic mass is 35.5. The van der Waals surface area contributed by atoms with Crippen LogP contribution >= 0.6 is 11.6 Å². The lowest BCUT2D eigenvalue weighted by Crippen LogP contribution is -2.22. The Morgan fingerprint density at radius 1 is 1.11 bits per heavy atom. The van der Waals surface area contributed by atoms with Crippen molar-refractivity contribution in [3.05, 3.63) is 70.5 Å². The van der Waals surface area contributed by atoms with Crippen molar-refractivity contribution in [2.75, 3.05) is 7.05 Å². The third-order valence-electron chi connectivity index (χ3n) is 3.41. The van der Waals surface area contributed by atoms with Crippen molar-refractivity contribution in [1.82, 2.24) is 4.90 Å². The molecule has 0 saturated carbocycles. The fourth-order valence-electron chi connectivity index (χ4n) is 2.06. The number of rotatable bonds is 4. The molecule has 0 saturated heterocycles. The van der Waals surface area contributed by atoms with Gasteiger partial charge >= 0.3 is 0 Å². The zero-order valence-corrected chi connectivity index (χ0v) is 11.9. The molecule has 0 radical (unpaired) electrons. The quantitative estimate of drug-likeness (QED) is 0.785. The molecule has 0 fully saturated rings. The summed E-state index contributed by atoms with van der Waals surface area (Å²) >= 11 is 6.06. The molecule has 1 nitrogen and oxygen atoms in total. The lowest BCUT2D eigenvalue weighted by Gasteiger charge is -2.25. The van der Waals surface area contributed by atoms with Gasteiger partial charge < -0.3 is 0 Å². The van der Waals surface area contributed by atoms with Crippen molar-refractivity contribution in [3.8, 4) is 0 Å². The smallest absolute Gasteiger partial charge is 0.129 e. The number of hydrogen-bond acceptors (Lipinski definition) is 1. The lowest BCUT2D eigenvalue weighted by atomic mass is 10.1. The van der Waals surface area contributed by atoms with Gasteiger partial charge in [0.15, 0.2) is 0 Å². The van der Waals surface area contributed by atoms with E-state index in [1.54, 1.807) is 12.1 Å². The highest BCUT2D eigenvalue weighted by Gasteiger charge is 2.15. The summed E-state index contributed by atoms with van der Waals surface area (Å²) in [6.45, 7) is 2.59. The summed E-state index contributed by atoms with van der Waals surface area (Å²) in [5, 5.41) is 0.479. The molecule has 1 unspecified atom stereocenters. The number of nitrogens with zero attached hydrogens (tertiary/aromatic N) is 1. The van der Waals surface area contributed by atoms with Crippen molar-refractivity contribution in [2.45, 2.75) is 19.5 Å². The Kier molecular flexibility index (Phi) is 4.56. The lowest BCUT2D eigenvalue weighted by molar-refractivity contribution is 0.249. The van der Waals surface area contributed by atoms with Crippen LogP contribution in [0.2, 0.25) is 5.02 Å². The largest absolute Gasteiger partial charge is 0.295 e. The first kappa shape index (κ1) is 14.0. The first-order valence-corrected chi connectivity index (χ1v) is 6.65. The maximum atomic E-state index is 13.8. The van der Waals surface area contributed by atoms with Gasteiger partial charge in [-0.2, -0.15) is 0 Å². The monoisotopic (exact) mass is 277 g/mol. The molecule has 0 aliphatic rings. The summed E-state index contributed by atoms with van der Waals surface area (Å²) in [5.74, 6) is -0.250. The van der Waals surface area contributed by atoms with E-state index in [2.05, 4.69) is 24.0 Å². The Morgan fingerprint density at radius 3 is 2.42 bits per heavy atom. The minimum absolute atomic E-state index is 0.205. The standard InChI is InChI=1S/C16H17ClFN/c1-12(13-7-4-3-5-8-13)19(2)11-14-15(17)9-6-10-16(14)18/h3-10,12H,11H2,1-2H3. The van der Waals surface area contributed by atoms with Gasteiger partial charge in [-0.1, -0.05) is 48.0 Å². The van der Waals surface area contributed by atoms with E-state index in [0.29, 0.717) is 17.1 Å². The van der Waals surface area contributed by atoms with Crippen molar-refractivity contribution < 1.29 is 4.39 Å². The first-order valence-electron chi connectivity index (χ1n) is 6.27. The predicted octanol–water partition coefficient (Wildman–Crippen LogP) is 4.67. The van der Waals surface area contributed by atoms with E-state index in [0.717, 1.165) is 0 Å². The molecule has 0 aliphatic heterocycles. The van der Waals surface area contributed by atoms with Crippen LogP contribution in [-0.4, -0.2) is 11.9 Å². The predicted molar refractivity (Wildman–Crippen MR) is 77.7 cm³/mol. The topological polar surface area (TPSA) is 3.24 Å². The van der Waals surface area contributed by atoms with Gasteiger partial charge in [0.05, 0.1) is 0 Å². The molecule has 0 heterocycles. The number of halogens is 2. The molecule has 100 valence electrons. The number of hydrogen-bond donors (Lipinski definition) is 0. The Morgan fingerprint density at radius 2 is 1.79 bits per heavy atom. The van der Waals surface area contributed by atoms with Crippen LogP contribution in [0.1, 0.15) is 24.1 Å². The molecule has 2 aromatic carbocycles. The Labute approximate surface area is 118 Å². The van der Waals surface area contributed by atoms with Crippen LogP contribution in [0, 0.1) is 5.82 Å². The number of benzene rings is 2. The molecular weight excluding hydrogens is 261 g/mol. The molecule has 0 bridgehead atoms. The van der Waals surface area contributed by atoms with Crippen LogP contribution in [0.4, 0.5) is 4.39 Å². The summed E-state index contributed by atoms with van der Waals surface area (Å²) < 4.78 is 13.8. The van der Waals surface area contributed by atoms with Crippen molar-refractivity contribution in [3.63, 3.8) is 0 Å². The molecule has 2 aromatic rings. The minimum atomic E-state index is -0.250. The molecule has 0 amide bonds. The summed E-state index contributed by atoms with van der Waals surface area (Å²) in [7, 11) is 1.97. The van der Waals surface area contributed by atoms with Crippen LogP contribution in [0.25, 0.3) is 0 Å². The average Bonchev–Trinajstić information content (AvgIpc) is 2.43. The molecule has 3 heteroatoms. The first-order chi connectivity index (χ1) is 9.09. The van der Waals surface area contributed by atoms with Crippen LogP contribution in [-0.2, 0) is 6.54 Å². The zero-order valence-electron chi connectivity index (χ0n) is 11.1. The third-order valence-corrected chi connectivity index (χ3v) is 3.77. The van der Waals surface area contributed by atoms with Gasteiger partial charge in [-0.05, 0) is 31.7 Å². The summed E-state index contributed by atoms with van der Waals surface area (Å²) in [6, 6.07) is 15.2. The Balaban J connectivity index is 2.15. The van der Waals surface area contributed by atoms with E-state index in [1.807, 2.05) is 25.2 Å². The molecule has 2 rings (SSSR count). The molecular formula is C16H17ClFN. The second kappa shape index (κ2) is 6.18. The van der Waals surface area contributed by atoms with Crippen molar-refractivity contribution >= 4 is 11.6 Å². The van der Waals surface area contributed by atoms with Crippen LogP contribution in [0.5, 0.6) is 0 Å². The highest BCUT2D eigenvalue weighted by molar-refractivity contribution is 6.31. The van der Waals surface area contributed by atoms with E-state index in [9.17, 15) is 4.39 Å². The van der Waals surface area contributed by atoms with E-state index in [1.165, 1.54) is 11.6 Å². The molecule has 0 N–H and O–H groups in total. The van der Waals surface area contributed by atoms with Gasteiger partial charge in [0.2, 0.25) is 0 Å². The molecule has 0 aromatic heterocycles. The minimum Gasteiger partial charge on any atom is -0.295 e. The van der Waals surface area contributed by atoms with Gasteiger partial charge in [0.25, 0.3) is 0 Å². The van der Waals surface area contributed by atoms with Crippen LogP contribution in [0.15, 0.2) is 48.5 Å². The zero-order chi connectivity index (χ0) is 13.8. The maximum Gasteiger partial charge on any atom is 0.129 e.